The third-order valence-electron chi connectivity index (χ3n) is 1.83. The van der Waals surface area contributed by atoms with Crippen LogP contribution in [0.5, 0.6) is 0 Å². The summed E-state index contributed by atoms with van der Waals surface area (Å²) in [6, 6.07) is 0. The van der Waals surface area contributed by atoms with Gasteiger partial charge in [0.15, 0.2) is 0 Å². The summed E-state index contributed by atoms with van der Waals surface area (Å²) in [7, 11) is 0. The van der Waals surface area contributed by atoms with Crippen molar-refractivity contribution in [2.24, 2.45) is 0 Å². The van der Waals surface area contributed by atoms with Crippen molar-refractivity contribution in [3.8, 4) is 0 Å². The highest BCUT2D eigenvalue weighted by Crippen LogP contribution is 2.17. The molecule has 0 aromatic carbocycles. The van der Waals surface area contributed by atoms with Crippen molar-refractivity contribution in [2.75, 3.05) is 25.1 Å². The van der Waals surface area contributed by atoms with Gasteiger partial charge in [-0.1, -0.05) is 11.6 Å². The summed E-state index contributed by atoms with van der Waals surface area (Å²) < 4.78 is 39.6. The van der Waals surface area contributed by atoms with Crippen LogP contribution in [0, 0.1) is 6.92 Å². The van der Waals surface area contributed by atoms with Crippen LogP contribution in [-0.2, 0) is 4.74 Å². The molecule has 0 saturated heterocycles. The lowest BCUT2D eigenvalue weighted by molar-refractivity contribution is -0.172. The van der Waals surface area contributed by atoms with Gasteiger partial charge in [-0.05, 0) is 6.92 Å². The van der Waals surface area contributed by atoms with Crippen LogP contribution >= 0.6 is 11.6 Å². The van der Waals surface area contributed by atoms with Gasteiger partial charge in [0.25, 0.3) is 0 Å². The van der Waals surface area contributed by atoms with Gasteiger partial charge in [0.2, 0.25) is 0 Å². The Kier molecular flexibility index (Phi) is 4.95. The van der Waals surface area contributed by atoms with Crippen LogP contribution < -0.4 is 5.32 Å². The maximum Gasteiger partial charge on any atom is 0.411 e. The molecule has 0 atom stereocenters. The molecule has 8 heteroatoms. The quantitative estimate of drug-likeness (QED) is 0.659. The number of halogens is 4. The maximum atomic E-state index is 11.7. The second kappa shape index (κ2) is 6.02. The van der Waals surface area contributed by atoms with Crippen LogP contribution in [0.4, 0.5) is 19.0 Å². The molecule has 0 amide bonds. The first-order chi connectivity index (χ1) is 7.90. The van der Waals surface area contributed by atoms with E-state index in [0.29, 0.717) is 16.5 Å². The Hall–Kier alpha value is -1.08. The molecule has 1 aromatic rings. The summed E-state index contributed by atoms with van der Waals surface area (Å²) in [5.41, 5.74) is 0.644. The van der Waals surface area contributed by atoms with Gasteiger partial charge in [-0.3, -0.25) is 0 Å². The largest absolute Gasteiger partial charge is 0.411 e. The standard InChI is InChI=1S/C9H11ClF3N3O/c1-6-7(10)15-5-16-8(6)14-2-3-17-4-9(11,12)13/h5H,2-4H2,1H3,(H,14,15,16). The first-order valence-electron chi connectivity index (χ1n) is 4.75. The molecule has 0 fully saturated rings. The Labute approximate surface area is 101 Å². The molecular weight excluding hydrogens is 259 g/mol. The summed E-state index contributed by atoms with van der Waals surface area (Å²) >= 11 is 5.74. The minimum absolute atomic E-state index is 0.0689. The van der Waals surface area contributed by atoms with Crippen molar-refractivity contribution in [1.82, 2.24) is 9.97 Å². The fourth-order valence-electron chi connectivity index (χ4n) is 1.04. The van der Waals surface area contributed by atoms with Gasteiger partial charge >= 0.3 is 6.18 Å². The topological polar surface area (TPSA) is 47.0 Å². The van der Waals surface area contributed by atoms with E-state index in [9.17, 15) is 13.2 Å². The smallest absolute Gasteiger partial charge is 0.370 e. The Bertz CT molecular complexity index is 373. The van der Waals surface area contributed by atoms with Crippen LogP contribution in [0.1, 0.15) is 5.56 Å². The predicted molar refractivity (Wildman–Crippen MR) is 57.1 cm³/mol. The predicted octanol–water partition coefficient (Wildman–Crippen LogP) is 2.43. The molecular formula is C9H11ClF3N3O. The summed E-state index contributed by atoms with van der Waals surface area (Å²) in [5.74, 6) is 0.487. The third kappa shape index (κ3) is 5.18. The second-order valence-corrected chi connectivity index (χ2v) is 3.59. The number of nitrogens with zero attached hydrogens (tertiary/aromatic N) is 2. The van der Waals surface area contributed by atoms with E-state index in [4.69, 9.17) is 11.6 Å². The molecule has 0 radical (unpaired) electrons. The van der Waals surface area contributed by atoms with E-state index in [1.165, 1.54) is 6.33 Å². The van der Waals surface area contributed by atoms with E-state index in [1.54, 1.807) is 6.92 Å². The molecule has 0 aliphatic carbocycles. The number of hydrogen-bond donors (Lipinski definition) is 1. The minimum atomic E-state index is -4.30. The van der Waals surface area contributed by atoms with Crippen molar-refractivity contribution in [2.45, 2.75) is 13.1 Å². The Morgan fingerprint density at radius 3 is 2.76 bits per heavy atom. The molecule has 1 N–H and O–H groups in total. The van der Waals surface area contributed by atoms with Crippen molar-refractivity contribution >= 4 is 17.4 Å². The molecule has 0 aliphatic rings. The van der Waals surface area contributed by atoms with E-state index in [0.717, 1.165) is 0 Å². The highest BCUT2D eigenvalue weighted by molar-refractivity contribution is 6.30. The van der Waals surface area contributed by atoms with E-state index < -0.39 is 12.8 Å². The molecule has 0 bridgehead atoms. The molecule has 0 spiro atoms. The number of hydrogen-bond acceptors (Lipinski definition) is 4. The number of rotatable bonds is 5. The second-order valence-electron chi connectivity index (χ2n) is 3.23. The van der Waals surface area contributed by atoms with Crippen LogP contribution in [0.2, 0.25) is 5.15 Å². The lowest BCUT2D eigenvalue weighted by atomic mass is 10.3. The molecule has 96 valence electrons. The van der Waals surface area contributed by atoms with Crippen molar-refractivity contribution in [1.29, 1.82) is 0 Å². The third-order valence-corrected chi connectivity index (χ3v) is 2.21. The molecule has 0 unspecified atom stereocenters. The van der Waals surface area contributed by atoms with E-state index in [2.05, 4.69) is 20.0 Å². The normalized spacial score (nSPS) is 11.6. The van der Waals surface area contributed by atoms with Crippen LogP contribution in [0.25, 0.3) is 0 Å². The molecule has 4 nitrogen and oxygen atoms in total. The zero-order chi connectivity index (χ0) is 12.9. The lowest BCUT2D eigenvalue weighted by Crippen LogP contribution is -2.20. The number of alkyl halides is 3. The zero-order valence-electron chi connectivity index (χ0n) is 9.01. The van der Waals surface area contributed by atoms with Gasteiger partial charge in [-0.15, -0.1) is 0 Å². The molecule has 1 rings (SSSR count). The van der Waals surface area contributed by atoms with Gasteiger partial charge < -0.3 is 10.1 Å². The fraction of sp³-hybridized carbons (Fsp3) is 0.556. The first kappa shape index (κ1) is 14.0. The molecule has 17 heavy (non-hydrogen) atoms. The lowest BCUT2D eigenvalue weighted by Gasteiger charge is -2.10. The highest BCUT2D eigenvalue weighted by Gasteiger charge is 2.27. The highest BCUT2D eigenvalue weighted by atomic mass is 35.5. The molecule has 0 saturated carbocycles. The summed E-state index contributed by atoms with van der Waals surface area (Å²) in [6.07, 6.45) is -3.03. The average Bonchev–Trinajstić information content (AvgIpc) is 2.22. The van der Waals surface area contributed by atoms with Crippen LogP contribution in [-0.4, -0.2) is 35.9 Å². The Balaban J connectivity index is 2.29. The number of ether oxygens (including phenoxy) is 1. The van der Waals surface area contributed by atoms with Gasteiger partial charge in [0.1, 0.15) is 23.9 Å². The summed E-state index contributed by atoms with van der Waals surface area (Å²) in [4.78, 5) is 7.65. The van der Waals surface area contributed by atoms with E-state index in [-0.39, 0.29) is 13.2 Å². The van der Waals surface area contributed by atoms with Gasteiger partial charge in [-0.2, -0.15) is 13.2 Å². The van der Waals surface area contributed by atoms with Gasteiger partial charge in [0.05, 0.1) is 6.61 Å². The van der Waals surface area contributed by atoms with Gasteiger partial charge in [-0.25, -0.2) is 9.97 Å². The zero-order valence-corrected chi connectivity index (χ0v) is 9.77. The molecule has 0 aliphatic heterocycles. The van der Waals surface area contributed by atoms with Crippen molar-refractivity contribution < 1.29 is 17.9 Å². The van der Waals surface area contributed by atoms with E-state index >= 15 is 0 Å². The van der Waals surface area contributed by atoms with Crippen molar-refractivity contribution in [3.05, 3.63) is 17.0 Å². The number of aromatic nitrogens is 2. The Morgan fingerprint density at radius 2 is 2.12 bits per heavy atom. The monoisotopic (exact) mass is 269 g/mol. The maximum absolute atomic E-state index is 11.7. The minimum Gasteiger partial charge on any atom is -0.370 e. The molecule has 1 aromatic heterocycles. The van der Waals surface area contributed by atoms with Crippen molar-refractivity contribution in [3.63, 3.8) is 0 Å². The average molecular weight is 270 g/mol. The fourth-order valence-corrected chi connectivity index (χ4v) is 1.17. The SMILES string of the molecule is Cc1c(Cl)ncnc1NCCOCC(F)(F)F. The Morgan fingerprint density at radius 1 is 1.41 bits per heavy atom. The van der Waals surface area contributed by atoms with Gasteiger partial charge in [0, 0.05) is 12.1 Å². The summed E-state index contributed by atoms with van der Waals surface area (Å²) in [6.45, 7) is 0.601. The number of anilines is 1. The number of nitrogens with one attached hydrogen (secondary N) is 1. The molecule has 1 heterocycles. The first-order valence-corrected chi connectivity index (χ1v) is 5.13. The summed E-state index contributed by atoms with van der Waals surface area (Å²) in [5, 5.41) is 3.12. The van der Waals surface area contributed by atoms with E-state index in [1.807, 2.05) is 0 Å². The van der Waals surface area contributed by atoms with Crippen LogP contribution in [0.3, 0.4) is 0 Å². The van der Waals surface area contributed by atoms with Crippen LogP contribution in [0.15, 0.2) is 6.33 Å².